The van der Waals surface area contributed by atoms with E-state index in [9.17, 15) is 0 Å². The predicted molar refractivity (Wildman–Crippen MR) is 44.6 cm³/mol. The molecule has 0 aliphatic heterocycles. The Kier molecular flexibility index (Phi) is 4.77. The minimum atomic E-state index is 0.338. The van der Waals surface area contributed by atoms with Crippen LogP contribution in [0.15, 0.2) is 24.3 Å². The molecule has 0 saturated heterocycles. The zero-order valence-corrected chi connectivity index (χ0v) is 6.89. The maximum atomic E-state index is 8.81. The van der Waals surface area contributed by atoms with Gasteiger partial charge in [-0.15, -0.1) is 11.6 Å². The number of aromatic hydroxyl groups is 1. The highest BCUT2D eigenvalue weighted by atomic mass is 35.5. The van der Waals surface area contributed by atoms with E-state index in [0.717, 1.165) is 5.56 Å². The van der Waals surface area contributed by atoms with E-state index in [4.69, 9.17) is 5.11 Å². The third kappa shape index (κ3) is 3.36. The maximum absolute atomic E-state index is 8.81. The number of halogens is 1. The van der Waals surface area contributed by atoms with Gasteiger partial charge in [0.25, 0.3) is 0 Å². The van der Waals surface area contributed by atoms with E-state index in [1.165, 1.54) is 6.38 Å². The van der Waals surface area contributed by atoms with Crippen molar-refractivity contribution in [3.05, 3.63) is 29.8 Å². The summed E-state index contributed by atoms with van der Waals surface area (Å²) in [7, 11) is 0. The number of phenolic OH excluding ortho intramolecular Hbond substituents is 1. The third-order valence-electron chi connectivity index (χ3n) is 1.00. The molecule has 0 bridgehead atoms. The van der Waals surface area contributed by atoms with E-state index in [0.29, 0.717) is 5.75 Å². The van der Waals surface area contributed by atoms with Crippen molar-refractivity contribution in [2.24, 2.45) is 0 Å². The van der Waals surface area contributed by atoms with E-state index >= 15 is 0 Å². The number of benzene rings is 1. The SMILES string of the molecule is CCl.Cc1cccc(O)c1. The van der Waals surface area contributed by atoms with Crippen LogP contribution >= 0.6 is 11.6 Å². The second-order valence-electron chi connectivity index (χ2n) is 1.84. The number of phenols is 1. The molecule has 56 valence electrons. The third-order valence-corrected chi connectivity index (χ3v) is 1.00. The van der Waals surface area contributed by atoms with Crippen molar-refractivity contribution < 1.29 is 5.11 Å². The standard InChI is InChI=1S/C7H8O.CH3Cl/c1-6-3-2-4-7(8)5-6;1-2/h2-5,8H,1H3;1H3. The fourth-order valence-corrected chi connectivity index (χ4v) is 0.628. The average Bonchev–Trinajstić information content (AvgIpc) is 1.91. The van der Waals surface area contributed by atoms with Crippen molar-refractivity contribution in [1.82, 2.24) is 0 Å². The highest BCUT2D eigenvalue weighted by molar-refractivity contribution is 6.15. The van der Waals surface area contributed by atoms with E-state index in [2.05, 4.69) is 11.6 Å². The van der Waals surface area contributed by atoms with Crippen LogP contribution in [0.4, 0.5) is 0 Å². The zero-order chi connectivity index (χ0) is 7.98. The predicted octanol–water partition coefficient (Wildman–Crippen LogP) is 2.56. The molecule has 1 aromatic carbocycles. The summed E-state index contributed by atoms with van der Waals surface area (Å²) in [4.78, 5) is 0. The first-order chi connectivity index (χ1) is 4.79. The number of hydrogen-bond acceptors (Lipinski definition) is 1. The Morgan fingerprint density at radius 2 is 1.90 bits per heavy atom. The van der Waals surface area contributed by atoms with Gasteiger partial charge in [0, 0.05) is 6.38 Å². The second-order valence-corrected chi connectivity index (χ2v) is 1.84. The largest absolute Gasteiger partial charge is 0.508 e. The van der Waals surface area contributed by atoms with Crippen molar-refractivity contribution >= 4 is 11.6 Å². The van der Waals surface area contributed by atoms with Gasteiger partial charge in [0.2, 0.25) is 0 Å². The van der Waals surface area contributed by atoms with Crippen molar-refractivity contribution in [1.29, 1.82) is 0 Å². The van der Waals surface area contributed by atoms with Crippen LogP contribution < -0.4 is 0 Å². The molecule has 0 aliphatic carbocycles. The van der Waals surface area contributed by atoms with Gasteiger partial charge in [-0.05, 0) is 24.6 Å². The lowest BCUT2D eigenvalue weighted by molar-refractivity contribution is 0.475. The normalized spacial score (nSPS) is 7.90. The van der Waals surface area contributed by atoms with Gasteiger partial charge in [-0.2, -0.15) is 0 Å². The molecule has 0 radical (unpaired) electrons. The summed E-state index contributed by atoms with van der Waals surface area (Å²) in [6.07, 6.45) is 1.47. The topological polar surface area (TPSA) is 20.2 Å². The number of hydrogen-bond donors (Lipinski definition) is 1. The fraction of sp³-hybridized carbons (Fsp3) is 0.250. The van der Waals surface area contributed by atoms with Gasteiger partial charge in [0.05, 0.1) is 0 Å². The molecule has 0 atom stereocenters. The average molecular weight is 159 g/mol. The summed E-state index contributed by atoms with van der Waals surface area (Å²) in [6, 6.07) is 7.15. The van der Waals surface area contributed by atoms with E-state index in [1.54, 1.807) is 12.1 Å². The van der Waals surface area contributed by atoms with Crippen molar-refractivity contribution in [2.75, 3.05) is 6.38 Å². The molecule has 0 aromatic heterocycles. The molecule has 0 fully saturated rings. The van der Waals surface area contributed by atoms with E-state index in [-0.39, 0.29) is 0 Å². The Morgan fingerprint density at radius 3 is 2.20 bits per heavy atom. The molecule has 1 nitrogen and oxygen atoms in total. The summed E-state index contributed by atoms with van der Waals surface area (Å²) >= 11 is 4.64. The Balaban J connectivity index is 0.000000371. The quantitative estimate of drug-likeness (QED) is 0.576. The molecule has 10 heavy (non-hydrogen) atoms. The Bertz CT molecular complexity index is 169. The van der Waals surface area contributed by atoms with E-state index < -0.39 is 0 Å². The minimum absolute atomic E-state index is 0.338. The van der Waals surface area contributed by atoms with E-state index in [1.807, 2.05) is 19.1 Å². The summed E-state index contributed by atoms with van der Waals surface area (Å²) in [6.45, 7) is 1.94. The molecule has 0 saturated carbocycles. The molecule has 0 aliphatic rings. The van der Waals surface area contributed by atoms with Gasteiger partial charge in [0.15, 0.2) is 0 Å². The summed E-state index contributed by atoms with van der Waals surface area (Å²) < 4.78 is 0. The molecule has 0 amide bonds. The number of alkyl halides is 1. The van der Waals surface area contributed by atoms with Crippen LogP contribution in [-0.2, 0) is 0 Å². The van der Waals surface area contributed by atoms with Gasteiger partial charge >= 0.3 is 0 Å². The molecule has 1 N–H and O–H groups in total. The molecule has 0 spiro atoms. The lowest BCUT2D eigenvalue weighted by Gasteiger charge is -1.89. The van der Waals surface area contributed by atoms with Crippen LogP contribution in [0.25, 0.3) is 0 Å². The fourth-order valence-electron chi connectivity index (χ4n) is 0.628. The van der Waals surface area contributed by atoms with Crippen LogP contribution in [0, 0.1) is 6.92 Å². The first-order valence-electron chi connectivity index (χ1n) is 2.92. The molecular weight excluding hydrogens is 148 g/mol. The van der Waals surface area contributed by atoms with Crippen molar-refractivity contribution in [3.8, 4) is 5.75 Å². The lowest BCUT2D eigenvalue weighted by Crippen LogP contribution is -1.66. The lowest BCUT2D eigenvalue weighted by atomic mass is 10.2. The van der Waals surface area contributed by atoms with Gasteiger partial charge in [-0.25, -0.2) is 0 Å². The van der Waals surface area contributed by atoms with Crippen molar-refractivity contribution in [3.63, 3.8) is 0 Å². The van der Waals surface area contributed by atoms with Crippen LogP contribution in [0.1, 0.15) is 5.56 Å². The zero-order valence-electron chi connectivity index (χ0n) is 6.13. The van der Waals surface area contributed by atoms with Gasteiger partial charge in [-0.3, -0.25) is 0 Å². The first-order valence-corrected chi connectivity index (χ1v) is 3.68. The van der Waals surface area contributed by atoms with Crippen LogP contribution in [0.5, 0.6) is 5.75 Å². The monoisotopic (exact) mass is 158 g/mol. The van der Waals surface area contributed by atoms with Crippen LogP contribution in [0.2, 0.25) is 0 Å². The van der Waals surface area contributed by atoms with Crippen molar-refractivity contribution in [2.45, 2.75) is 6.92 Å². The first kappa shape index (κ1) is 9.31. The van der Waals surface area contributed by atoms with Gasteiger partial charge < -0.3 is 5.11 Å². The highest BCUT2D eigenvalue weighted by Gasteiger charge is 1.83. The summed E-state index contributed by atoms with van der Waals surface area (Å²) in [5.41, 5.74) is 1.09. The molecule has 0 unspecified atom stereocenters. The van der Waals surface area contributed by atoms with Crippen LogP contribution in [-0.4, -0.2) is 11.5 Å². The Morgan fingerprint density at radius 1 is 1.30 bits per heavy atom. The summed E-state index contributed by atoms with van der Waals surface area (Å²) in [5, 5.41) is 8.81. The minimum Gasteiger partial charge on any atom is -0.508 e. The molecule has 0 heterocycles. The Labute approximate surface area is 66.3 Å². The maximum Gasteiger partial charge on any atom is 0.115 e. The summed E-state index contributed by atoms with van der Waals surface area (Å²) in [5.74, 6) is 0.338. The molecular formula is C8H11ClO. The molecule has 1 aromatic rings. The Hall–Kier alpha value is -0.690. The smallest absolute Gasteiger partial charge is 0.115 e. The number of rotatable bonds is 0. The number of aryl methyl sites for hydroxylation is 1. The van der Waals surface area contributed by atoms with Gasteiger partial charge in [-0.1, -0.05) is 12.1 Å². The molecule has 1 rings (SSSR count). The van der Waals surface area contributed by atoms with Gasteiger partial charge in [0.1, 0.15) is 5.75 Å². The van der Waals surface area contributed by atoms with Crippen LogP contribution in [0.3, 0.4) is 0 Å². The molecule has 2 heteroatoms. The highest BCUT2D eigenvalue weighted by Crippen LogP contribution is 2.08. The second kappa shape index (κ2) is 5.12.